The van der Waals surface area contributed by atoms with Crippen LogP contribution in [0.3, 0.4) is 0 Å². The van der Waals surface area contributed by atoms with E-state index in [1.807, 2.05) is 35.2 Å². The number of ether oxygens (including phenoxy) is 1. The van der Waals surface area contributed by atoms with Crippen molar-refractivity contribution in [2.24, 2.45) is 0 Å². The minimum Gasteiger partial charge on any atom is -0.422 e. The zero-order chi connectivity index (χ0) is 27.7. The molecule has 2 aromatic heterocycles. The topological polar surface area (TPSA) is 174 Å². The Kier molecular flexibility index (Phi) is 7.75. The van der Waals surface area contributed by atoms with E-state index in [1.54, 1.807) is 24.1 Å². The highest BCUT2D eigenvalue weighted by atomic mass is 32.2. The molecule has 0 radical (unpaired) electrons. The standard InChI is InChI=1S/C23H24N6O7S3/c1-35-16-11-29(12-16)23(30)15-5-3-4-13(8-15)14-6-7-17-18(9-14)37-22(25-17)20(39(2,33)34)21-27-26-19(36-21)10-24-28-38(31)32/h3-9,16,20,24,38H,10-12H2,1-2H3,(H,28,31,32). The first-order valence-corrected chi connectivity index (χ1v) is 15.5. The number of fused-ring (bicyclic) bond motifs is 1. The van der Waals surface area contributed by atoms with E-state index in [2.05, 4.69) is 20.6 Å². The van der Waals surface area contributed by atoms with Crippen LogP contribution < -0.4 is 10.3 Å². The van der Waals surface area contributed by atoms with Gasteiger partial charge in [0.1, 0.15) is 5.01 Å². The molecule has 5 rings (SSSR count). The number of nitrogens with zero attached hydrogens (tertiary/aromatic N) is 4. The Hall–Kier alpha value is -3.28. The second-order valence-electron chi connectivity index (χ2n) is 8.85. The molecule has 0 saturated carbocycles. The van der Waals surface area contributed by atoms with Crippen molar-refractivity contribution in [3.05, 3.63) is 64.8 Å². The van der Waals surface area contributed by atoms with Gasteiger partial charge in [-0.25, -0.2) is 27.2 Å². The smallest absolute Gasteiger partial charge is 0.254 e. The van der Waals surface area contributed by atoms with Crippen LogP contribution in [-0.4, -0.2) is 75.4 Å². The maximum absolute atomic E-state index is 12.8. The van der Waals surface area contributed by atoms with E-state index in [0.717, 1.165) is 22.1 Å². The number of hydrogen-bond acceptors (Lipinski definition) is 12. The van der Waals surface area contributed by atoms with Crippen LogP contribution in [0.4, 0.5) is 0 Å². The van der Waals surface area contributed by atoms with Gasteiger partial charge in [0.25, 0.3) is 5.91 Å². The molecule has 39 heavy (non-hydrogen) atoms. The van der Waals surface area contributed by atoms with Gasteiger partial charge in [0.05, 0.1) is 22.9 Å². The van der Waals surface area contributed by atoms with E-state index in [0.29, 0.717) is 24.2 Å². The summed E-state index contributed by atoms with van der Waals surface area (Å²) in [5, 5.41) is 6.61. The summed E-state index contributed by atoms with van der Waals surface area (Å²) >= 11 is 1.18. The number of hydrazine groups is 1. The van der Waals surface area contributed by atoms with E-state index in [9.17, 15) is 21.6 Å². The van der Waals surface area contributed by atoms with Crippen molar-refractivity contribution in [3.63, 3.8) is 0 Å². The molecule has 1 saturated heterocycles. The van der Waals surface area contributed by atoms with Crippen molar-refractivity contribution in [1.82, 2.24) is 30.3 Å². The average molecular weight is 593 g/mol. The summed E-state index contributed by atoms with van der Waals surface area (Å²) in [6, 6.07) is 12.9. The molecule has 2 N–H and O–H groups in total. The minimum absolute atomic E-state index is 0.00297. The Labute approximate surface area is 229 Å². The van der Waals surface area contributed by atoms with E-state index >= 15 is 0 Å². The number of hydrogen-bond donors (Lipinski definition) is 3. The Morgan fingerprint density at radius 3 is 2.69 bits per heavy atom. The van der Waals surface area contributed by atoms with Crippen LogP contribution in [0.1, 0.15) is 32.4 Å². The van der Waals surface area contributed by atoms with Gasteiger partial charge in [0.15, 0.2) is 15.1 Å². The number of methoxy groups -OCH3 is 1. The molecule has 0 bridgehead atoms. The molecule has 0 aliphatic carbocycles. The Bertz CT molecular complexity index is 1700. The Morgan fingerprint density at radius 1 is 1.21 bits per heavy atom. The monoisotopic (exact) mass is 592 g/mol. The third-order valence-corrected chi connectivity index (χ3v) is 8.94. The minimum atomic E-state index is -3.76. The lowest BCUT2D eigenvalue weighted by atomic mass is 10.0. The van der Waals surface area contributed by atoms with Crippen LogP contribution in [0, 0.1) is 0 Å². The molecule has 4 aromatic rings. The van der Waals surface area contributed by atoms with E-state index in [1.165, 1.54) is 11.3 Å². The molecule has 3 heterocycles. The average Bonchev–Trinajstić information content (AvgIpc) is 3.49. The largest absolute Gasteiger partial charge is 0.422 e. The first-order valence-electron chi connectivity index (χ1n) is 11.6. The predicted molar refractivity (Wildman–Crippen MR) is 143 cm³/mol. The molecule has 0 spiro atoms. The SMILES string of the molecule is COC1CN(C(=O)c2cccc(-c3ccc4nc(C(c5nnc(CNN[SH](=O)=O)o5)S(C)(=O)=O)sc4c3)c2)C1. The molecule has 2 aromatic carbocycles. The second kappa shape index (κ2) is 11.1. The van der Waals surface area contributed by atoms with Gasteiger partial charge in [-0.05, 0) is 35.4 Å². The van der Waals surface area contributed by atoms with Crippen molar-refractivity contribution >= 4 is 48.2 Å². The molecule has 1 aliphatic heterocycles. The number of carbonyl (C=O) groups excluding carboxylic acids is 1. The van der Waals surface area contributed by atoms with Gasteiger partial charge in [-0.1, -0.05) is 18.2 Å². The van der Waals surface area contributed by atoms with Gasteiger partial charge in [0.2, 0.25) is 22.7 Å². The van der Waals surface area contributed by atoms with Crippen LogP contribution >= 0.6 is 11.3 Å². The quantitative estimate of drug-likeness (QED) is 0.178. The molecular weight excluding hydrogens is 568 g/mol. The van der Waals surface area contributed by atoms with Crippen molar-refractivity contribution < 1.29 is 30.8 Å². The highest BCUT2D eigenvalue weighted by molar-refractivity contribution is 7.91. The van der Waals surface area contributed by atoms with Gasteiger partial charge >= 0.3 is 0 Å². The molecule has 16 heteroatoms. The fraction of sp³-hybridized carbons (Fsp3) is 0.304. The molecule has 1 aliphatic rings. The number of aromatic nitrogens is 3. The maximum atomic E-state index is 12.8. The summed E-state index contributed by atoms with van der Waals surface area (Å²) in [5.41, 5.74) is 5.22. The van der Waals surface area contributed by atoms with E-state index in [4.69, 9.17) is 9.15 Å². The normalized spacial score (nSPS) is 15.1. The summed E-state index contributed by atoms with van der Waals surface area (Å²) in [4.78, 5) is 21.1. The van der Waals surface area contributed by atoms with Gasteiger partial charge in [-0.2, -0.15) is 4.83 Å². The lowest BCUT2D eigenvalue weighted by Crippen LogP contribution is -2.54. The molecule has 1 fully saturated rings. The number of likely N-dealkylation sites (tertiary alicyclic amines) is 1. The van der Waals surface area contributed by atoms with Crippen LogP contribution in [0.2, 0.25) is 0 Å². The number of thiazole rings is 1. The summed E-state index contributed by atoms with van der Waals surface area (Å²) in [7, 11) is -5.01. The van der Waals surface area contributed by atoms with E-state index < -0.39 is 26.0 Å². The number of benzene rings is 2. The molecule has 206 valence electrons. The number of amides is 1. The van der Waals surface area contributed by atoms with Crippen molar-refractivity contribution in [2.45, 2.75) is 17.9 Å². The third-order valence-electron chi connectivity index (χ3n) is 6.09. The summed E-state index contributed by atoms with van der Waals surface area (Å²) < 4.78 is 58.2. The summed E-state index contributed by atoms with van der Waals surface area (Å²) in [5.74, 6) is -0.237. The van der Waals surface area contributed by atoms with Crippen LogP contribution in [-0.2, 0) is 32.0 Å². The maximum Gasteiger partial charge on any atom is 0.254 e. The number of carbonyl (C=O) groups is 1. The highest BCUT2D eigenvalue weighted by Gasteiger charge is 2.34. The van der Waals surface area contributed by atoms with Crippen molar-refractivity contribution in [3.8, 4) is 11.1 Å². The predicted octanol–water partition coefficient (Wildman–Crippen LogP) is 1.07. The van der Waals surface area contributed by atoms with Gasteiger partial charge < -0.3 is 14.1 Å². The summed E-state index contributed by atoms with van der Waals surface area (Å²) in [6.45, 7) is 0.989. The van der Waals surface area contributed by atoms with Crippen molar-refractivity contribution in [1.29, 1.82) is 0 Å². The van der Waals surface area contributed by atoms with Gasteiger partial charge in [-0.3, -0.25) is 4.79 Å². The number of nitrogens with one attached hydrogen (secondary N) is 2. The van der Waals surface area contributed by atoms with Crippen LogP contribution in [0.25, 0.3) is 21.3 Å². The molecule has 1 atom stereocenters. The molecule has 13 nitrogen and oxygen atoms in total. The zero-order valence-electron chi connectivity index (χ0n) is 20.7. The molecule has 1 unspecified atom stereocenters. The lowest BCUT2D eigenvalue weighted by Gasteiger charge is -2.38. The van der Waals surface area contributed by atoms with Crippen LogP contribution in [0.15, 0.2) is 46.9 Å². The lowest BCUT2D eigenvalue weighted by molar-refractivity contribution is -0.0191. The molecular formula is C23H24N6O7S3. The first-order chi connectivity index (χ1) is 18.6. The fourth-order valence-corrected chi connectivity index (χ4v) is 6.84. The van der Waals surface area contributed by atoms with E-state index in [-0.39, 0.29) is 35.3 Å². The number of rotatable bonds is 10. The number of thiol groups is 1. The third kappa shape index (κ3) is 6.00. The Morgan fingerprint density at radius 2 is 1.97 bits per heavy atom. The Balaban J connectivity index is 1.41. The van der Waals surface area contributed by atoms with Gasteiger partial charge in [-0.15, -0.1) is 21.5 Å². The van der Waals surface area contributed by atoms with Crippen molar-refractivity contribution in [2.75, 3.05) is 26.5 Å². The molecule has 1 amide bonds. The highest BCUT2D eigenvalue weighted by Crippen LogP contribution is 2.36. The second-order valence-corrected chi connectivity index (χ2v) is 12.8. The number of sulfone groups is 1. The summed E-state index contributed by atoms with van der Waals surface area (Å²) in [6.07, 6.45) is 1.12. The zero-order valence-corrected chi connectivity index (χ0v) is 23.3. The first kappa shape index (κ1) is 27.3. The van der Waals surface area contributed by atoms with Gasteiger partial charge in [0, 0.05) is 32.0 Å². The van der Waals surface area contributed by atoms with Crippen LogP contribution in [0.5, 0.6) is 0 Å². The fourth-order valence-electron chi connectivity index (χ4n) is 4.10.